The summed E-state index contributed by atoms with van der Waals surface area (Å²) in [5.41, 5.74) is 2.14. The fourth-order valence-corrected chi connectivity index (χ4v) is 3.41. The summed E-state index contributed by atoms with van der Waals surface area (Å²) in [5.74, 6) is -1.62. The number of nitrogens with zero attached hydrogens (tertiary/aromatic N) is 3. The Morgan fingerprint density at radius 3 is 2.70 bits per heavy atom. The molecule has 138 valence electrons. The Balaban J connectivity index is 1.81. The van der Waals surface area contributed by atoms with Crippen molar-refractivity contribution in [3.63, 3.8) is 0 Å². The van der Waals surface area contributed by atoms with Crippen LogP contribution >= 0.6 is 11.8 Å². The van der Waals surface area contributed by atoms with Gasteiger partial charge in [0.2, 0.25) is 0 Å². The zero-order chi connectivity index (χ0) is 19.4. The monoisotopic (exact) mass is 385 g/mol. The van der Waals surface area contributed by atoms with Gasteiger partial charge in [-0.25, -0.2) is 8.78 Å². The lowest BCUT2D eigenvalue weighted by Gasteiger charge is -2.08. The summed E-state index contributed by atoms with van der Waals surface area (Å²) in [6.45, 7) is 6.24. The van der Waals surface area contributed by atoms with Gasteiger partial charge in [-0.3, -0.25) is 9.36 Å². The highest BCUT2D eigenvalue weighted by Crippen LogP contribution is 2.25. The molecule has 1 aromatic heterocycles. The van der Waals surface area contributed by atoms with Gasteiger partial charge in [0.05, 0.1) is 5.75 Å². The first-order valence-electron chi connectivity index (χ1n) is 8.21. The van der Waals surface area contributed by atoms with Gasteiger partial charge in [0.25, 0.3) is 0 Å². The third-order valence-electron chi connectivity index (χ3n) is 3.88. The van der Waals surface area contributed by atoms with E-state index in [2.05, 4.69) is 16.8 Å². The third kappa shape index (κ3) is 4.31. The maximum absolute atomic E-state index is 13.3. The molecule has 0 fully saturated rings. The standard InChI is InChI=1S/C20H17F2N3OS/c1-3-9-25-19(15-6-4-5-13(2)10-15)23-24-20(25)27-12-18(26)14-7-8-16(21)17(22)11-14/h3-8,10-11H,1,9,12H2,2H3. The molecule has 0 radical (unpaired) electrons. The van der Waals surface area contributed by atoms with Crippen LogP contribution in [0, 0.1) is 18.6 Å². The molecule has 0 saturated heterocycles. The van der Waals surface area contributed by atoms with E-state index in [0.717, 1.165) is 23.3 Å². The summed E-state index contributed by atoms with van der Waals surface area (Å²) in [6, 6.07) is 11.0. The van der Waals surface area contributed by atoms with Gasteiger partial charge in [0.1, 0.15) is 0 Å². The number of hydrogen-bond donors (Lipinski definition) is 0. The van der Waals surface area contributed by atoms with Crippen LogP contribution in [0.3, 0.4) is 0 Å². The van der Waals surface area contributed by atoms with E-state index < -0.39 is 11.6 Å². The fraction of sp³-hybridized carbons (Fsp3) is 0.150. The van der Waals surface area contributed by atoms with Crippen LogP contribution < -0.4 is 0 Å². The average molecular weight is 385 g/mol. The molecule has 0 aliphatic heterocycles. The fourth-order valence-electron chi connectivity index (χ4n) is 2.57. The minimum Gasteiger partial charge on any atom is -0.298 e. The highest BCUT2D eigenvalue weighted by atomic mass is 32.2. The second-order valence-electron chi connectivity index (χ2n) is 5.92. The molecule has 0 saturated carbocycles. The van der Waals surface area contributed by atoms with Crippen LogP contribution in [-0.4, -0.2) is 26.3 Å². The largest absolute Gasteiger partial charge is 0.298 e. The smallest absolute Gasteiger partial charge is 0.192 e. The number of benzene rings is 2. The maximum Gasteiger partial charge on any atom is 0.192 e. The molecule has 0 spiro atoms. The topological polar surface area (TPSA) is 47.8 Å². The molecule has 3 aromatic rings. The van der Waals surface area contributed by atoms with E-state index in [4.69, 9.17) is 0 Å². The zero-order valence-electron chi connectivity index (χ0n) is 14.7. The lowest BCUT2D eigenvalue weighted by Crippen LogP contribution is -2.06. The van der Waals surface area contributed by atoms with Crippen LogP contribution in [0.2, 0.25) is 0 Å². The van der Waals surface area contributed by atoms with E-state index >= 15 is 0 Å². The highest BCUT2D eigenvalue weighted by molar-refractivity contribution is 7.99. The summed E-state index contributed by atoms with van der Waals surface area (Å²) in [6.07, 6.45) is 1.73. The van der Waals surface area contributed by atoms with E-state index in [1.807, 2.05) is 35.8 Å². The first-order valence-corrected chi connectivity index (χ1v) is 9.20. The molecular weight excluding hydrogens is 368 g/mol. The normalized spacial score (nSPS) is 10.8. The molecule has 0 bridgehead atoms. The number of allylic oxidation sites excluding steroid dienone is 1. The Morgan fingerprint density at radius 2 is 2.00 bits per heavy atom. The minimum absolute atomic E-state index is 0.0359. The SMILES string of the molecule is C=CCn1c(SCC(=O)c2ccc(F)c(F)c2)nnc1-c1cccc(C)c1. The van der Waals surface area contributed by atoms with Crippen LogP contribution in [0.15, 0.2) is 60.3 Å². The van der Waals surface area contributed by atoms with E-state index in [1.54, 1.807) is 6.08 Å². The molecule has 4 nitrogen and oxygen atoms in total. The number of ketones is 1. The van der Waals surface area contributed by atoms with Crippen molar-refractivity contribution in [1.29, 1.82) is 0 Å². The summed E-state index contributed by atoms with van der Waals surface area (Å²) < 4.78 is 28.2. The number of carbonyl (C=O) groups excluding carboxylic acids is 1. The Kier molecular flexibility index (Phi) is 5.81. The Morgan fingerprint density at radius 1 is 1.19 bits per heavy atom. The van der Waals surface area contributed by atoms with Crippen LogP contribution in [0.1, 0.15) is 15.9 Å². The number of rotatable bonds is 7. The van der Waals surface area contributed by atoms with Crippen LogP contribution in [-0.2, 0) is 6.54 Å². The number of aryl methyl sites for hydroxylation is 1. The number of carbonyl (C=O) groups is 1. The second kappa shape index (κ2) is 8.26. The van der Waals surface area contributed by atoms with Gasteiger partial charge < -0.3 is 0 Å². The van der Waals surface area contributed by atoms with Crippen LogP contribution in [0.4, 0.5) is 8.78 Å². The quantitative estimate of drug-likeness (QED) is 0.336. The number of hydrogen-bond acceptors (Lipinski definition) is 4. The van der Waals surface area contributed by atoms with Crippen molar-refractivity contribution in [1.82, 2.24) is 14.8 Å². The first-order chi connectivity index (χ1) is 13.0. The number of halogens is 2. The van der Waals surface area contributed by atoms with Crippen molar-refractivity contribution >= 4 is 17.5 Å². The van der Waals surface area contributed by atoms with Gasteiger partial charge in [-0.05, 0) is 31.2 Å². The average Bonchev–Trinajstić information content (AvgIpc) is 3.05. The zero-order valence-corrected chi connectivity index (χ0v) is 15.5. The highest BCUT2D eigenvalue weighted by Gasteiger charge is 2.16. The maximum atomic E-state index is 13.3. The van der Waals surface area contributed by atoms with Crippen molar-refractivity contribution in [2.75, 3.05) is 5.75 Å². The lowest BCUT2D eigenvalue weighted by atomic mass is 10.1. The third-order valence-corrected chi connectivity index (χ3v) is 4.85. The molecule has 27 heavy (non-hydrogen) atoms. The molecule has 2 aromatic carbocycles. The van der Waals surface area contributed by atoms with Gasteiger partial charge in [0, 0.05) is 17.7 Å². The molecular formula is C20H17F2N3OS. The Labute approximate surface area is 159 Å². The Hall–Kier alpha value is -2.80. The molecule has 1 heterocycles. The van der Waals surface area contributed by atoms with Gasteiger partial charge in [-0.15, -0.1) is 16.8 Å². The molecule has 0 aliphatic carbocycles. The second-order valence-corrected chi connectivity index (χ2v) is 6.86. The van der Waals surface area contributed by atoms with Crippen molar-refractivity contribution in [2.45, 2.75) is 18.6 Å². The van der Waals surface area contributed by atoms with Gasteiger partial charge in [-0.1, -0.05) is 41.6 Å². The van der Waals surface area contributed by atoms with E-state index in [9.17, 15) is 13.6 Å². The van der Waals surface area contributed by atoms with Crippen molar-refractivity contribution in [3.8, 4) is 11.4 Å². The molecule has 0 amide bonds. The summed E-state index contributed by atoms with van der Waals surface area (Å²) in [7, 11) is 0. The Bertz CT molecular complexity index is 1000. The van der Waals surface area contributed by atoms with Crippen molar-refractivity contribution < 1.29 is 13.6 Å². The van der Waals surface area contributed by atoms with Crippen molar-refractivity contribution in [3.05, 3.63) is 77.9 Å². The molecule has 0 unspecified atom stereocenters. The van der Waals surface area contributed by atoms with Crippen LogP contribution in [0.25, 0.3) is 11.4 Å². The summed E-state index contributed by atoms with van der Waals surface area (Å²) >= 11 is 1.20. The van der Waals surface area contributed by atoms with Crippen molar-refractivity contribution in [2.24, 2.45) is 0 Å². The molecule has 0 aliphatic rings. The molecule has 3 rings (SSSR count). The van der Waals surface area contributed by atoms with E-state index in [1.165, 1.54) is 17.8 Å². The first kappa shape index (κ1) is 19.0. The molecule has 7 heteroatoms. The van der Waals surface area contributed by atoms with Gasteiger partial charge >= 0.3 is 0 Å². The number of aromatic nitrogens is 3. The van der Waals surface area contributed by atoms with E-state index in [-0.39, 0.29) is 17.1 Å². The lowest BCUT2D eigenvalue weighted by molar-refractivity contribution is 0.102. The van der Waals surface area contributed by atoms with Gasteiger partial charge in [0.15, 0.2) is 28.4 Å². The number of Topliss-reactive ketones (excluding diaryl/α,β-unsaturated/α-hetero) is 1. The summed E-state index contributed by atoms with van der Waals surface area (Å²) in [5, 5.41) is 8.98. The van der Waals surface area contributed by atoms with E-state index in [0.29, 0.717) is 17.5 Å². The number of thioether (sulfide) groups is 1. The predicted molar refractivity (Wildman–Crippen MR) is 102 cm³/mol. The molecule has 0 N–H and O–H groups in total. The van der Waals surface area contributed by atoms with Crippen LogP contribution in [0.5, 0.6) is 0 Å². The summed E-state index contributed by atoms with van der Waals surface area (Å²) in [4.78, 5) is 12.3. The minimum atomic E-state index is -1.04. The predicted octanol–water partition coefficient (Wildman–Crippen LogP) is 4.69. The molecule has 0 atom stereocenters. The van der Waals surface area contributed by atoms with Gasteiger partial charge in [-0.2, -0.15) is 0 Å².